The van der Waals surface area contributed by atoms with Crippen molar-refractivity contribution >= 4 is 28.8 Å². The number of esters is 1. The maximum Gasteiger partial charge on any atom is 0.338 e. The number of aliphatic imine (C=N–C) groups is 1. The number of nitrogens with zero attached hydrogens (tertiary/aromatic N) is 2. The molecule has 0 radical (unpaired) electrons. The lowest BCUT2D eigenvalue weighted by molar-refractivity contribution is -0.141. The van der Waals surface area contributed by atoms with Crippen LogP contribution in [0.15, 0.2) is 40.5 Å². The Morgan fingerprint density at radius 1 is 1.38 bits per heavy atom. The second-order valence-electron chi connectivity index (χ2n) is 6.70. The van der Waals surface area contributed by atoms with Gasteiger partial charge in [-0.1, -0.05) is 37.7 Å². The van der Waals surface area contributed by atoms with Gasteiger partial charge < -0.3 is 4.74 Å². The molecule has 2 heterocycles. The highest BCUT2D eigenvalue weighted by atomic mass is 32.2. The summed E-state index contributed by atoms with van der Waals surface area (Å²) in [7, 11) is 0. The summed E-state index contributed by atoms with van der Waals surface area (Å²) in [5.74, 6) is -0.110. The van der Waals surface area contributed by atoms with Gasteiger partial charge in [0.1, 0.15) is 5.82 Å². The molecule has 2 aliphatic rings. The van der Waals surface area contributed by atoms with E-state index < -0.39 is 12.0 Å². The first-order valence-corrected chi connectivity index (χ1v) is 9.54. The second-order valence-corrected chi connectivity index (χ2v) is 7.76. The van der Waals surface area contributed by atoms with E-state index in [0.717, 1.165) is 0 Å². The van der Waals surface area contributed by atoms with E-state index in [-0.39, 0.29) is 24.2 Å². The summed E-state index contributed by atoms with van der Waals surface area (Å²) >= 11 is 1.48. The number of benzene rings is 1. The molecule has 3 rings (SSSR count). The zero-order valence-electron chi connectivity index (χ0n) is 15.0. The van der Waals surface area contributed by atoms with Gasteiger partial charge in [-0.05, 0) is 30.5 Å². The number of amides is 1. The molecule has 1 aromatic carbocycles. The normalized spacial score (nSPS) is 20.2. The van der Waals surface area contributed by atoms with Crippen molar-refractivity contribution in [3.8, 4) is 0 Å². The second kappa shape index (κ2) is 7.61. The van der Waals surface area contributed by atoms with Crippen molar-refractivity contribution in [2.75, 3.05) is 12.4 Å². The summed E-state index contributed by atoms with van der Waals surface area (Å²) in [5, 5.41) is 0.577. The standard InChI is InChI=1S/C19H21FN2O3S/c1-11(2)10-25-18(24)16-12(3)21-19-22(15(23)8-9-26-19)17(16)13-4-6-14(20)7-5-13/h4-7,11,17H,8-10H2,1-3H3/t17-/m0/s1. The van der Waals surface area contributed by atoms with Gasteiger partial charge in [0, 0.05) is 12.2 Å². The van der Waals surface area contributed by atoms with Crippen molar-refractivity contribution in [3.63, 3.8) is 0 Å². The summed E-state index contributed by atoms with van der Waals surface area (Å²) in [4.78, 5) is 31.4. The van der Waals surface area contributed by atoms with E-state index in [1.165, 1.54) is 23.9 Å². The summed E-state index contributed by atoms with van der Waals surface area (Å²) in [6, 6.07) is 5.20. The molecule has 1 amide bonds. The van der Waals surface area contributed by atoms with Gasteiger partial charge in [-0.15, -0.1) is 0 Å². The smallest absolute Gasteiger partial charge is 0.338 e. The first-order chi connectivity index (χ1) is 12.4. The molecule has 1 atom stereocenters. The zero-order valence-corrected chi connectivity index (χ0v) is 15.8. The van der Waals surface area contributed by atoms with E-state index in [1.807, 2.05) is 13.8 Å². The Labute approximate surface area is 156 Å². The molecule has 0 saturated carbocycles. The fourth-order valence-corrected chi connectivity index (χ4v) is 3.94. The predicted octanol–water partition coefficient (Wildman–Crippen LogP) is 3.68. The minimum Gasteiger partial charge on any atom is -0.462 e. The summed E-state index contributed by atoms with van der Waals surface area (Å²) < 4.78 is 18.8. The van der Waals surface area contributed by atoms with Crippen LogP contribution < -0.4 is 0 Å². The lowest BCUT2D eigenvalue weighted by Gasteiger charge is -2.38. The van der Waals surface area contributed by atoms with Crippen molar-refractivity contribution < 1.29 is 18.7 Å². The monoisotopic (exact) mass is 376 g/mol. The Balaban J connectivity index is 2.06. The lowest BCUT2D eigenvalue weighted by atomic mass is 9.94. The third-order valence-corrected chi connectivity index (χ3v) is 5.11. The van der Waals surface area contributed by atoms with E-state index in [2.05, 4.69) is 4.99 Å². The Hall–Kier alpha value is -2.15. The summed E-state index contributed by atoms with van der Waals surface area (Å²) in [5.41, 5.74) is 1.52. The van der Waals surface area contributed by atoms with E-state index in [4.69, 9.17) is 4.74 Å². The van der Waals surface area contributed by atoms with Crippen molar-refractivity contribution in [3.05, 3.63) is 46.9 Å². The van der Waals surface area contributed by atoms with Gasteiger partial charge in [-0.3, -0.25) is 9.69 Å². The number of allylic oxidation sites excluding steroid dienone is 1. The van der Waals surface area contributed by atoms with Crippen LogP contribution in [0.5, 0.6) is 0 Å². The third-order valence-electron chi connectivity index (χ3n) is 4.16. The molecule has 5 nitrogen and oxygen atoms in total. The van der Waals surface area contributed by atoms with Crippen LogP contribution in [0, 0.1) is 11.7 Å². The first kappa shape index (κ1) is 18.6. The Morgan fingerprint density at radius 2 is 2.08 bits per heavy atom. The van der Waals surface area contributed by atoms with E-state index in [1.54, 1.807) is 24.0 Å². The molecule has 1 saturated heterocycles. The quantitative estimate of drug-likeness (QED) is 0.752. The largest absolute Gasteiger partial charge is 0.462 e. The molecule has 0 spiro atoms. The zero-order chi connectivity index (χ0) is 18.8. The van der Waals surface area contributed by atoms with E-state index in [0.29, 0.717) is 34.2 Å². The number of hydrogen-bond donors (Lipinski definition) is 0. The van der Waals surface area contributed by atoms with Crippen molar-refractivity contribution in [1.82, 2.24) is 4.90 Å². The van der Waals surface area contributed by atoms with E-state index in [9.17, 15) is 14.0 Å². The van der Waals surface area contributed by atoms with Gasteiger partial charge in [0.05, 0.1) is 23.9 Å². The molecule has 0 N–H and O–H groups in total. The molecule has 7 heteroatoms. The maximum atomic E-state index is 13.4. The van der Waals surface area contributed by atoms with Crippen LogP contribution >= 0.6 is 11.8 Å². The highest BCUT2D eigenvalue weighted by Gasteiger charge is 2.41. The SMILES string of the molecule is CC1=C(C(=O)OCC(C)C)[C@H](c2ccc(F)cc2)N2C(=O)CCSC2=N1. The number of thioether (sulfide) groups is 1. The molecule has 1 aromatic rings. The molecule has 0 bridgehead atoms. The minimum atomic E-state index is -0.650. The van der Waals surface area contributed by atoms with E-state index >= 15 is 0 Å². The van der Waals surface area contributed by atoms with Crippen LogP contribution in [0.25, 0.3) is 0 Å². The molecule has 26 heavy (non-hydrogen) atoms. The van der Waals surface area contributed by atoms with Gasteiger partial charge >= 0.3 is 5.97 Å². The van der Waals surface area contributed by atoms with Crippen LogP contribution in [0.4, 0.5) is 4.39 Å². The average molecular weight is 376 g/mol. The number of fused-ring (bicyclic) bond motifs is 1. The topological polar surface area (TPSA) is 59.0 Å². The molecule has 2 aliphatic heterocycles. The van der Waals surface area contributed by atoms with Crippen LogP contribution in [-0.4, -0.2) is 34.3 Å². The van der Waals surface area contributed by atoms with Crippen LogP contribution in [0.2, 0.25) is 0 Å². The van der Waals surface area contributed by atoms with Crippen LogP contribution in [0.3, 0.4) is 0 Å². The number of rotatable bonds is 4. The molecular weight excluding hydrogens is 355 g/mol. The fourth-order valence-electron chi connectivity index (χ4n) is 2.94. The van der Waals surface area contributed by atoms with Gasteiger partial charge in [0.15, 0.2) is 5.17 Å². The number of hydrogen-bond acceptors (Lipinski definition) is 5. The third kappa shape index (κ3) is 3.67. The molecule has 0 aliphatic carbocycles. The van der Waals surface area contributed by atoms with Crippen molar-refractivity contribution in [1.29, 1.82) is 0 Å². The van der Waals surface area contributed by atoms with Gasteiger partial charge in [0.2, 0.25) is 5.91 Å². The Bertz CT molecular complexity index is 786. The van der Waals surface area contributed by atoms with Crippen LogP contribution in [-0.2, 0) is 14.3 Å². The number of carbonyl (C=O) groups excluding carboxylic acids is 2. The highest BCUT2D eigenvalue weighted by molar-refractivity contribution is 8.14. The number of carbonyl (C=O) groups is 2. The van der Waals surface area contributed by atoms with Crippen LogP contribution in [0.1, 0.15) is 38.8 Å². The van der Waals surface area contributed by atoms with Crippen molar-refractivity contribution in [2.24, 2.45) is 10.9 Å². The lowest BCUT2D eigenvalue weighted by Crippen LogP contribution is -2.45. The van der Waals surface area contributed by atoms with Gasteiger partial charge in [-0.2, -0.15) is 0 Å². The van der Waals surface area contributed by atoms with Gasteiger partial charge in [-0.25, -0.2) is 14.2 Å². The van der Waals surface area contributed by atoms with Gasteiger partial charge in [0.25, 0.3) is 0 Å². The highest BCUT2D eigenvalue weighted by Crippen LogP contribution is 2.40. The summed E-state index contributed by atoms with van der Waals surface area (Å²) in [6.07, 6.45) is 0.370. The number of amidine groups is 1. The Morgan fingerprint density at radius 3 is 2.73 bits per heavy atom. The number of ether oxygens (including phenoxy) is 1. The average Bonchev–Trinajstić information content (AvgIpc) is 2.59. The Kier molecular flexibility index (Phi) is 5.46. The maximum absolute atomic E-state index is 13.4. The predicted molar refractivity (Wildman–Crippen MR) is 99.0 cm³/mol. The number of halogens is 1. The molecular formula is C19H21FN2O3S. The fraction of sp³-hybridized carbons (Fsp3) is 0.421. The molecule has 138 valence electrons. The summed E-state index contributed by atoms with van der Waals surface area (Å²) in [6.45, 7) is 5.93. The minimum absolute atomic E-state index is 0.0986. The molecule has 0 aromatic heterocycles. The first-order valence-electron chi connectivity index (χ1n) is 8.55. The molecule has 1 fully saturated rings. The molecule has 0 unspecified atom stereocenters. The van der Waals surface area contributed by atoms with Crippen molar-refractivity contribution in [2.45, 2.75) is 33.2 Å².